The Bertz CT molecular complexity index is 834. The summed E-state index contributed by atoms with van der Waals surface area (Å²) in [5, 5.41) is 0. The largest absolute Gasteiger partial charge is 0.383 e. The quantitative estimate of drug-likeness (QED) is 0.699. The maximum Gasteiger partial charge on any atom is 0.268 e. The molecule has 0 atom stereocenters. The van der Waals surface area contributed by atoms with Crippen LogP contribution in [0.25, 0.3) is 5.57 Å². The molecule has 0 N–H and O–H groups in total. The fraction of sp³-hybridized carbons (Fsp3) is 0.200. The minimum atomic E-state index is -0.388. The van der Waals surface area contributed by atoms with Crippen molar-refractivity contribution in [3.05, 3.63) is 76.4 Å². The second-order valence-electron chi connectivity index (χ2n) is 5.74. The van der Waals surface area contributed by atoms with Crippen LogP contribution in [0.15, 0.2) is 59.5 Å². The summed E-state index contributed by atoms with van der Waals surface area (Å²) in [4.78, 5) is 27.2. The predicted octanol–water partition coefficient (Wildman–Crippen LogP) is 3.49. The molecule has 0 saturated heterocycles. The van der Waals surface area contributed by atoms with Crippen LogP contribution in [0.2, 0.25) is 0 Å². The molecule has 0 aromatic heterocycles. The lowest BCUT2D eigenvalue weighted by atomic mass is 10.1. The molecule has 0 unspecified atom stereocenters. The van der Waals surface area contributed by atoms with E-state index >= 15 is 0 Å². The maximum absolute atomic E-state index is 13.3. The number of carbonyl (C=O) groups excluding carboxylic acids is 2. The van der Waals surface area contributed by atoms with E-state index in [1.165, 1.54) is 48.0 Å². The van der Waals surface area contributed by atoms with Gasteiger partial charge in [0, 0.05) is 12.9 Å². The highest BCUT2D eigenvalue weighted by atomic mass is 32.2. The molecule has 0 bridgehead atoms. The van der Waals surface area contributed by atoms with Gasteiger partial charge in [0.1, 0.15) is 5.82 Å². The Kier molecular flexibility index (Phi) is 5.85. The fourth-order valence-corrected chi connectivity index (χ4v) is 3.76. The van der Waals surface area contributed by atoms with E-state index in [0.29, 0.717) is 21.8 Å². The lowest BCUT2D eigenvalue weighted by Gasteiger charge is -2.14. The van der Waals surface area contributed by atoms with E-state index in [1.807, 2.05) is 30.3 Å². The van der Waals surface area contributed by atoms with Crippen molar-refractivity contribution in [1.82, 2.24) is 4.90 Å². The lowest BCUT2D eigenvalue weighted by molar-refractivity contribution is -0.137. The molecule has 6 heteroatoms. The average molecular weight is 371 g/mol. The summed E-state index contributed by atoms with van der Waals surface area (Å²) in [6.45, 7) is 0.457. The molecule has 1 heterocycles. The van der Waals surface area contributed by atoms with E-state index in [2.05, 4.69) is 0 Å². The number of hydrogen-bond donors (Lipinski definition) is 0. The molecule has 134 valence electrons. The van der Waals surface area contributed by atoms with Gasteiger partial charge in [-0.05, 0) is 23.3 Å². The zero-order valence-corrected chi connectivity index (χ0v) is 15.1. The molecule has 1 aliphatic heterocycles. The van der Waals surface area contributed by atoms with Gasteiger partial charge in [-0.2, -0.15) is 0 Å². The van der Waals surface area contributed by atoms with Crippen molar-refractivity contribution >= 4 is 29.1 Å². The van der Waals surface area contributed by atoms with Gasteiger partial charge >= 0.3 is 0 Å². The third kappa shape index (κ3) is 3.86. The normalized spacial score (nSPS) is 14.5. The first-order valence-corrected chi connectivity index (χ1v) is 9.12. The number of methoxy groups -OCH3 is 1. The average Bonchev–Trinajstić information content (AvgIpc) is 2.89. The number of nitrogens with zero attached hydrogens (tertiary/aromatic N) is 1. The Morgan fingerprint density at radius 3 is 2.35 bits per heavy atom. The highest BCUT2D eigenvalue weighted by Crippen LogP contribution is 2.37. The second-order valence-corrected chi connectivity index (χ2v) is 6.73. The van der Waals surface area contributed by atoms with E-state index in [-0.39, 0.29) is 30.8 Å². The van der Waals surface area contributed by atoms with Gasteiger partial charge in [-0.25, -0.2) is 4.39 Å². The number of thioether (sulfide) groups is 1. The Hall–Kier alpha value is -2.44. The molecule has 0 aliphatic carbocycles. The summed E-state index contributed by atoms with van der Waals surface area (Å²) < 4.78 is 18.3. The molecule has 0 fully saturated rings. The Labute approximate surface area is 155 Å². The van der Waals surface area contributed by atoms with Crippen molar-refractivity contribution in [2.45, 2.75) is 5.75 Å². The zero-order valence-electron chi connectivity index (χ0n) is 14.3. The van der Waals surface area contributed by atoms with Gasteiger partial charge in [-0.3, -0.25) is 14.5 Å². The SMILES string of the molecule is COCCN1C(=O)C(SCc2ccccc2)=C(c2ccc(F)cc2)C1=O. The van der Waals surface area contributed by atoms with Crippen molar-refractivity contribution in [1.29, 1.82) is 0 Å². The topological polar surface area (TPSA) is 46.6 Å². The van der Waals surface area contributed by atoms with Crippen LogP contribution in [0.3, 0.4) is 0 Å². The highest BCUT2D eigenvalue weighted by Gasteiger charge is 2.38. The molecule has 4 nitrogen and oxygen atoms in total. The smallest absolute Gasteiger partial charge is 0.268 e. The van der Waals surface area contributed by atoms with Crippen molar-refractivity contribution in [2.24, 2.45) is 0 Å². The monoisotopic (exact) mass is 371 g/mol. The molecule has 3 rings (SSSR count). The Morgan fingerprint density at radius 2 is 1.69 bits per heavy atom. The first kappa shape index (κ1) is 18.4. The number of carbonyl (C=O) groups is 2. The first-order chi connectivity index (χ1) is 12.6. The summed E-state index contributed by atoms with van der Waals surface area (Å²) >= 11 is 1.33. The number of imide groups is 1. The minimum Gasteiger partial charge on any atom is -0.383 e. The second kappa shape index (κ2) is 8.29. The highest BCUT2D eigenvalue weighted by molar-refractivity contribution is 8.03. The van der Waals surface area contributed by atoms with Gasteiger partial charge in [0.25, 0.3) is 11.8 Å². The molecular weight excluding hydrogens is 353 g/mol. The number of benzene rings is 2. The van der Waals surface area contributed by atoms with Crippen LogP contribution < -0.4 is 0 Å². The summed E-state index contributed by atoms with van der Waals surface area (Å²) in [5.41, 5.74) is 1.92. The zero-order chi connectivity index (χ0) is 18.5. The van der Waals surface area contributed by atoms with Crippen molar-refractivity contribution in [3.8, 4) is 0 Å². The summed E-state index contributed by atoms with van der Waals surface area (Å²) in [6.07, 6.45) is 0. The third-order valence-corrected chi connectivity index (χ3v) is 5.15. The molecule has 26 heavy (non-hydrogen) atoms. The van der Waals surface area contributed by atoms with Gasteiger partial charge < -0.3 is 4.74 Å². The molecular formula is C20H18FNO3S. The molecule has 2 aromatic rings. The van der Waals surface area contributed by atoms with E-state index in [9.17, 15) is 14.0 Å². The van der Waals surface area contributed by atoms with E-state index < -0.39 is 0 Å². The van der Waals surface area contributed by atoms with Crippen LogP contribution in [0.5, 0.6) is 0 Å². The predicted molar refractivity (Wildman–Crippen MR) is 99.7 cm³/mol. The van der Waals surface area contributed by atoms with Crippen molar-refractivity contribution in [2.75, 3.05) is 20.3 Å². The van der Waals surface area contributed by atoms with Crippen LogP contribution in [-0.2, 0) is 20.1 Å². The fourth-order valence-electron chi connectivity index (χ4n) is 2.67. The van der Waals surface area contributed by atoms with Crippen LogP contribution >= 0.6 is 11.8 Å². The van der Waals surface area contributed by atoms with Gasteiger partial charge in [-0.1, -0.05) is 42.5 Å². The maximum atomic E-state index is 13.3. The summed E-state index contributed by atoms with van der Waals surface area (Å²) in [5.74, 6) is -0.514. The van der Waals surface area contributed by atoms with Gasteiger partial charge in [0.05, 0.1) is 23.6 Å². The number of rotatable bonds is 7. The van der Waals surface area contributed by atoms with Crippen LogP contribution in [0.4, 0.5) is 4.39 Å². The van der Waals surface area contributed by atoms with Crippen molar-refractivity contribution < 1.29 is 18.7 Å². The molecule has 0 spiro atoms. The third-order valence-electron chi connectivity index (χ3n) is 4.00. The first-order valence-electron chi connectivity index (χ1n) is 8.14. The van der Waals surface area contributed by atoms with Crippen LogP contribution in [0.1, 0.15) is 11.1 Å². The molecule has 2 aromatic carbocycles. The van der Waals surface area contributed by atoms with Crippen LogP contribution in [0, 0.1) is 5.82 Å². The molecule has 0 radical (unpaired) electrons. The number of halogens is 1. The number of hydrogen-bond acceptors (Lipinski definition) is 4. The Balaban J connectivity index is 1.93. The molecule has 0 saturated carbocycles. The van der Waals surface area contributed by atoms with Crippen LogP contribution in [-0.4, -0.2) is 37.0 Å². The molecule has 1 aliphatic rings. The lowest BCUT2D eigenvalue weighted by Crippen LogP contribution is -2.34. The van der Waals surface area contributed by atoms with Gasteiger partial charge in [-0.15, -0.1) is 11.8 Å². The Morgan fingerprint density at radius 1 is 1.00 bits per heavy atom. The van der Waals surface area contributed by atoms with Gasteiger partial charge in [0.15, 0.2) is 0 Å². The van der Waals surface area contributed by atoms with Crippen molar-refractivity contribution in [3.63, 3.8) is 0 Å². The minimum absolute atomic E-state index is 0.189. The van der Waals surface area contributed by atoms with E-state index in [1.54, 1.807) is 0 Å². The summed E-state index contributed by atoms with van der Waals surface area (Å²) in [7, 11) is 1.52. The number of ether oxygens (including phenoxy) is 1. The van der Waals surface area contributed by atoms with E-state index in [4.69, 9.17) is 4.74 Å². The van der Waals surface area contributed by atoms with Gasteiger partial charge in [0.2, 0.25) is 0 Å². The van der Waals surface area contributed by atoms with E-state index in [0.717, 1.165) is 5.56 Å². The molecule has 2 amide bonds. The summed E-state index contributed by atoms with van der Waals surface area (Å²) in [6, 6.07) is 15.3. The number of amides is 2. The standard InChI is InChI=1S/C20H18FNO3S/c1-25-12-11-22-19(23)17(15-7-9-16(21)10-8-15)18(20(22)24)26-13-14-5-3-2-4-6-14/h2-10H,11-13H2,1H3.